The minimum absolute atomic E-state index is 0.118. The molecule has 0 saturated carbocycles. The van der Waals surface area contributed by atoms with Crippen LogP contribution in [0, 0.1) is 5.41 Å². The zero-order valence-electron chi connectivity index (χ0n) is 9.40. The SMILES string of the molecule is CC(C)(C)C(=O)CCn1cc(CO)nn1. The van der Waals surface area contributed by atoms with E-state index in [9.17, 15) is 4.79 Å². The van der Waals surface area contributed by atoms with Crippen molar-refractivity contribution in [1.29, 1.82) is 0 Å². The van der Waals surface area contributed by atoms with E-state index in [-0.39, 0.29) is 17.8 Å². The van der Waals surface area contributed by atoms with Gasteiger partial charge in [0.2, 0.25) is 0 Å². The van der Waals surface area contributed by atoms with E-state index < -0.39 is 0 Å². The van der Waals surface area contributed by atoms with Gasteiger partial charge in [0.05, 0.1) is 12.8 Å². The van der Waals surface area contributed by atoms with Crippen molar-refractivity contribution in [3.63, 3.8) is 0 Å². The van der Waals surface area contributed by atoms with Crippen LogP contribution in [0.15, 0.2) is 6.20 Å². The molecule has 0 aliphatic carbocycles. The highest BCUT2D eigenvalue weighted by Crippen LogP contribution is 2.16. The Labute approximate surface area is 89.1 Å². The maximum Gasteiger partial charge on any atom is 0.140 e. The number of hydrogen-bond acceptors (Lipinski definition) is 4. The third-order valence-electron chi connectivity index (χ3n) is 2.15. The highest BCUT2D eigenvalue weighted by molar-refractivity contribution is 5.83. The summed E-state index contributed by atoms with van der Waals surface area (Å²) in [6.45, 7) is 6.10. The Kier molecular flexibility index (Phi) is 3.57. The van der Waals surface area contributed by atoms with Crippen molar-refractivity contribution >= 4 is 5.78 Å². The van der Waals surface area contributed by atoms with Crippen LogP contribution in [0.2, 0.25) is 0 Å². The summed E-state index contributed by atoms with van der Waals surface area (Å²) in [5.41, 5.74) is 0.221. The summed E-state index contributed by atoms with van der Waals surface area (Å²) < 4.78 is 1.58. The number of aromatic nitrogens is 3. The first-order valence-electron chi connectivity index (χ1n) is 4.96. The predicted octanol–water partition coefficient (Wildman–Crippen LogP) is 0.776. The number of rotatable bonds is 4. The smallest absolute Gasteiger partial charge is 0.140 e. The quantitative estimate of drug-likeness (QED) is 0.799. The molecule has 0 aromatic carbocycles. The van der Waals surface area contributed by atoms with Gasteiger partial charge in [-0.3, -0.25) is 9.48 Å². The van der Waals surface area contributed by atoms with E-state index in [1.807, 2.05) is 20.8 Å². The monoisotopic (exact) mass is 211 g/mol. The van der Waals surface area contributed by atoms with Crippen molar-refractivity contribution < 1.29 is 9.90 Å². The second-order valence-electron chi connectivity index (χ2n) is 4.55. The Morgan fingerprint density at radius 2 is 2.20 bits per heavy atom. The predicted molar refractivity (Wildman–Crippen MR) is 55.0 cm³/mol. The average Bonchev–Trinajstić information content (AvgIpc) is 2.60. The van der Waals surface area contributed by atoms with Gasteiger partial charge in [0, 0.05) is 18.4 Å². The van der Waals surface area contributed by atoms with Crippen molar-refractivity contribution in [2.24, 2.45) is 5.41 Å². The molecule has 5 nitrogen and oxygen atoms in total. The zero-order chi connectivity index (χ0) is 11.5. The Bertz CT molecular complexity index is 339. The maximum atomic E-state index is 11.6. The molecule has 84 valence electrons. The molecule has 0 saturated heterocycles. The number of ketones is 1. The van der Waals surface area contributed by atoms with Crippen molar-refractivity contribution in [3.8, 4) is 0 Å². The van der Waals surface area contributed by atoms with Gasteiger partial charge < -0.3 is 5.11 Å². The fourth-order valence-electron chi connectivity index (χ4n) is 1.11. The Morgan fingerprint density at radius 3 is 2.67 bits per heavy atom. The Hall–Kier alpha value is -1.23. The lowest BCUT2D eigenvalue weighted by molar-refractivity contribution is -0.126. The van der Waals surface area contributed by atoms with Crippen LogP contribution in [0.4, 0.5) is 0 Å². The van der Waals surface area contributed by atoms with E-state index in [2.05, 4.69) is 10.3 Å². The number of nitrogens with zero attached hydrogens (tertiary/aromatic N) is 3. The van der Waals surface area contributed by atoms with Crippen molar-refractivity contribution in [2.45, 2.75) is 40.3 Å². The normalized spacial score (nSPS) is 11.7. The van der Waals surface area contributed by atoms with Gasteiger partial charge >= 0.3 is 0 Å². The number of aryl methyl sites for hydroxylation is 1. The van der Waals surface area contributed by atoms with E-state index >= 15 is 0 Å². The summed E-state index contributed by atoms with van der Waals surface area (Å²) in [5.74, 6) is 0.198. The number of Topliss-reactive ketones (excluding diaryl/α,β-unsaturated/α-hetero) is 1. The fraction of sp³-hybridized carbons (Fsp3) is 0.700. The molecule has 0 spiro atoms. The molecule has 0 aliphatic rings. The number of aliphatic hydroxyl groups is 1. The van der Waals surface area contributed by atoms with E-state index in [4.69, 9.17) is 5.11 Å². The molecule has 5 heteroatoms. The Balaban J connectivity index is 2.47. The van der Waals surface area contributed by atoms with Gasteiger partial charge in [0.1, 0.15) is 11.5 Å². The molecular weight excluding hydrogens is 194 g/mol. The third-order valence-corrected chi connectivity index (χ3v) is 2.15. The molecule has 1 rings (SSSR count). The van der Waals surface area contributed by atoms with Gasteiger partial charge in [-0.25, -0.2) is 0 Å². The molecule has 0 aliphatic heterocycles. The van der Waals surface area contributed by atoms with Gasteiger partial charge in [-0.2, -0.15) is 0 Å². The minimum Gasteiger partial charge on any atom is -0.390 e. The molecule has 0 atom stereocenters. The molecule has 0 bridgehead atoms. The van der Waals surface area contributed by atoms with Crippen molar-refractivity contribution in [2.75, 3.05) is 0 Å². The lowest BCUT2D eigenvalue weighted by Crippen LogP contribution is -2.21. The molecule has 1 aromatic rings. The van der Waals surface area contributed by atoms with Crippen LogP contribution >= 0.6 is 0 Å². The van der Waals surface area contributed by atoms with Gasteiger partial charge in [0.25, 0.3) is 0 Å². The summed E-state index contributed by atoms with van der Waals surface area (Å²) in [7, 11) is 0. The first kappa shape index (κ1) is 11.8. The fourth-order valence-corrected chi connectivity index (χ4v) is 1.11. The summed E-state index contributed by atoms with van der Waals surface area (Å²) in [6, 6.07) is 0. The van der Waals surface area contributed by atoms with Gasteiger partial charge in [0.15, 0.2) is 0 Å². The van der Waals surface area contributed by atoms with Crippen LogP contribution in [0.25, 0.3) is 0 Å². The Morgan fingerprint density at radius 1 is 1.53 bits per heavy atom. The van der Waals surface area contributed by atoms with Crippen LogP contribution in [0.1, 0.15) is 32.9 Å². The van der Waals surface area contributed by atoms with E-state index in [1.165, 1.54) is 0 Å². The van der Waals surface area contributed by atoms with Gasteiger partial charge in [-0.15, -0.1) is 5.10 Å². The lowest BCUT2D eigenvalue weighted by atomic mass is 9.89. The second kappa shape index (κ2) is 4.53. The van der Waals surface area contributed by atoms with Crippen molar-refractivity contribution in [1.82, 2.24) is 15.0 Å². The molecule has 0 amide bonds. The number of hydrogen-bond donors (Lipinski definition) is 1. The largest absolute Gasteiger partial charge is 0.390 e. The molecule has 15 heavy (non-hydrogen) atoms. The van der Waals surface area contributed by atoms with Crippen LogP contribution in [0.3, 0.4) is 0 Å². The van der Waals surface area contributed by atoms with E-state index in [1.54, 1.807) is 10.9 Å². The molecule has 1 heterocycles. The van der Waals surface area contributed by atoms with Crippen LogP contribution in [0.5, 0.6) is 0 Å². The van der Waals surface area contributed by atoms with Gasteiger partial charge in [-0.1, -0.05) is 26.0 Å². The molecular formula is C10H17N3O2. The summed E-state index contributed by atoms with van der Waals surface area (Å²) in [4.78, 5) is 11.6. The molecule has 0 fully saturated rings. The highest BCUT2D eigenvalue weighted by atomic mass is 16.3. The average molecular weight is 211 g/mol. The minimum atomic E-state index is -0.305. The number of carbonyl (C=O) groups excluding carboxylic acids is 1. The summed E-state index contributed by atoms with van der Waals surface area (Å²) in [5, 5.41) is 16.3. The lowest BCUT2D eigenvalue weighted by Gasteiger charge is -2.15. The van der Waals surface area contributed by atoms with Crippen LogP contribution in [-0.4, -0.2) is 25.9 Å². The molecule has 1 aromatic heterocycles. The maximum absolute atomic E-state index is 11.6. The van der Waals surface area contributed by atoms with Crippen LogP contribution < -0.4 is 0 Å². The molecule has 0 radical (unpaired) electrons. The summed E-state index contributed by atoms with van der Waals surface area (Å²) >= 11 is 0. The first-order valence-corrected chi connectivity index (χ1v) is 4.96. The topological polar surface area (TPSA) is 68.0 Å². The van der Waals surface area contributed by atoms with Crippen LogP contribution in [-0.2, 0) is 17.9 Å². The van der Waals surface area contributed by atoms with E-state index in [0.717, 1.165) is 0 Å². The molecule has 1 N–H and O–H groups in total. The van der Waals surface area contributed by atoms with Crippen molar-refractivity contribution in [3.05, 3.63) is 11.9 Å². The summed E-state index contributed by atoms with van der Waals surface area (Å²) in [6.07, 6.45) is 2.09. The van der Waals surface area contributed by atoms with Gasteiger partial charge in [-0.05, 0) is 0 Å². The van der Waals surface area contributed by atoms with E-state index in [0.29, 0.717) is 18.7 Å². The highest BCUT2D eigenvalue weighted by Gasteiger charge is 2.20. The molecule has 0 unspecified atom stereocenters. The standard InChI is InChI=1S/C10H17N3O2/c1-10(2,3)9(15)4-5-13-6-8(7-14)11-12-13/h6,14H,4-5,7H2,1-3H3. The third kappa shape index (κ3) is 3.43. The number of carbonyl (C=O) groups is 1. The first-order chi connectivity index (χ1) is 6.93. The number of aliphatic hydroxyl groups excluding tert-OH is 1. The zero-order valence-corrected chi connectivity index (χ0v) is 9.40. The second-order valence-corrected chi connectivity index (χ2v) is 4.55.